The topological polar surface area (TPSA) is 26.3 Å². The highest BCUT2D eigenvalue weighted by atomic mass is 32.3. The molecular weight excluding hydrogens is 309 g/mol. The van der Waals surface area contributed by atoms with Crippen LogP contribution in [0.4, 0.5) is 13.2 Å². The highest BCUT2D eigenvalue weighted by Crippen LogP contribution is 2.50. The second-order valence-electron chi connectivity index (χ2n) is 4.93. The van der Waals surface area contributed by atoms with Crippen molar-refractivity contribution in [3.05, 3.63) is 0 Å². The maximum absolute atomic E-state index is 12.3. The summed E-state index contributed by atoms with van der Waals surface area (Å²) < 4.78 is 41.6. The zero-order valence-corrected chi connectivity index (χ0v) is 14.1. The molecule has 1 unspecified atom stereocenters. The van der Waals surface area contributed by atoms with Crippen molar-refractivity contribution in [2.75, 3.05) is 23.3 Å². The van der Waals surface area contributed by atoms with Gasteiger partial charge in [-0.15, -0.1) is 0 Å². The van der Waals surface area contributed by atoms with Crippen molar-refractivity contribution in [2.45, 2.75) is 51.6 Å². The molecule has 0 spiro atoms. The molecule has 0 saturated carbocycles. The summed E-state index contributed by atoms with van der Waals surface area (Å²) in [6, 6.07) is 0. The summed E-state index contributed by atoms with van der Waals surface area (Å²) in [6.07, 6.45) is 5.00. The van der Waals surface area contributed by atoms with Crippen LogP contribution >= 0.6 is 22.1 Å². The van der Waals surface area contributed by atoms with Gasteiger partial charge in [0.05, 0.1) is 5.08 Å². The van der Waals surface area contributed by atoms with E-state index in [1.54, 1.807) is 6.26 Å². The molecule has 2 nitrogen and oxygen atoms in total. The van der Waals surface area contributed by atoms with E-state index >= 15 is 0 Å². The normalized spacial score (nSPS) is 16.5. The molecule has 0 aromatic rings. The van der Waals surface area contributed by atoms with Crippen molar-refractivity contribution >= 4 is 28.0 Å². The fraction of sp³-hybridized carbons (Fsp3) is 0.923. The predicted molar refractivity (Wildman–Crippen MR) is 82.3 cm³/mol. The molecule has 0 saturated heterocycles. The Kier molecular flexibility index (Phi) is 9.80. The molecule has 0 rings (SSSR count). The highest BCUT2D eigenvalue weighted by Gasteiger charge is 2.43. The molecule has 0 N–H and O–H groups in total. The van der Waals surface area contributed by atoms with Crippen molar-refractivity contribution in [2.24, 2.45) is 0 Å². The molecule has 0 bridgehead atoms. The number of halogens is 3. The summed E-state index contributed by atoms with van der Waals surface area (Å²) in [4.78, 5) is 11.0. The van der Waals surface area contributed by atoms with Crippen LogP contribution in [0.5, 0.6) is 0 Å². The minimum atomic E-state index is -4.90. The molecule has 1 atom stereocenters. The van der Waals surface area contributed by atoms with E-state index in [0.717, 1.165) is 25.7 Å². The van der Waals surface area contributed by atoms with Crippen LogP contribution in [-0.4, -0.2) is 35.5 Å². The number of unbranched alkanes of at least 4 members (excludes halogenated alkanes) is 5. The summed E-state index contributed by atoms with van der Waals surface area (Å²) >= 11 is 1.43. The lowest BCUT2D eigenvalue weighted by atomic mass is 10.1. The van der Waals surface area contributed by atoms with E-state index in [1.807, 2.05) is 6.26 Å². The first-order valence-electron chi connectivity index (χ1n) is 6.78. The van der Waals surface area contributed by atoms with Crippen LogP contribution in [0.2, 0.25) is 0 Å². The molecule has 122 valence electrons. The van der Waals surface area contributed by atoms with Gasteiger partial charge in [-0.25, -0.2) is 4.79 Å². The number of alkyl halides is 3. The van der Waals surface area contributed by atoms with Gasteiger partial charge in [0.15, 0.2) is 0 Å². The van der Waals surface area contributed by atoms with Gasteiger partial charge in [-0.05, 0) is 18.9 Å². The molecular formula is C13H25F3O2S2. The average Bonchev–Trinajstić information content (AvgIpc) is 2.32. The monoisotopic (exact) mass is 334 g/mol. The zero-order valence-electron chi connectivity index (χ0n) is 12.4. The van der Waals surface area contributed by atoms with Crippen LogP contribution in [0.3, 0.4) is 0 Å². The second-order valence-corrected chi connectivity index (χ2v) is 9.39. The zero-order chi connectivity index (χ0) is 15.6. The Labute approximate surface area is 125 Å². The Morgan fingerprint density at radius 1 is 1.15 bits per heavy atom. The Morgan fingerprint density at radius 2 is 1.70 bits per heavy atom. The predicted octanol–water partition coefficient (Wildman–Crippen LogP) is 5.12. The highest BCUT2D eigenvalue weighted by molar-refractivity contribution is 8.36. The third-order valence-corrected chi connectivity index (χ3v) is 7.45. The summed E-state index contributed by atoms with van der Waals surface area (Å²) in [5.41, 5.74) is 0. The largest absolute Gasteiger partial charge is 0.491 e. The lowest BCUT2D eigenvalue weighted by Gasteiger charge is -2.34. The van der Waals surface area contributed by atoms with Gasteiger partial charge in [-0.1, -0.05) is 49.3 Å². The van der Waals surface area contributed by atoms with Crippen molar-refractivity contribution in [3.8, 4) is 0 Å². The number of carbonyl (C=O) groups is 1. The van der Waals surface area contributed by atoms with E-state index in [0.29, 0.717) is 10.8 Å². The quantitative estimate of drug-likeness (QED) is 0.519. The Balaban J connectivity index is 4.21. The maximum atomic E-state index is 12.3. The number of thioether (sulfide) groups is 1. The molecule has 0 amide bonds. The van der Waals surface area contributed by atoms with Crippen molar-refractivity contribution in [3.63, 3.8) is 0 Å². The smallest absolute Gasteiger partial charge is 0.408 e. The lowest BCUT2D eigenvalue weighted by molar-refractivity contribution is -0.188. The Morgan fingerprint density at radius 3 is 2.20 bits per heavy atom. The first-order chi connectivity index (χ1) is 9.25. The molecule has 7 heteroatoms. The van der Waals surface area contributed by atoms with Gasteiger partial charge < -0.3 is 4.18 Å². The third-order valence-electron chi connectivity index (χ3n) is 2.81. The van der Waals surface area contributed by atoms with Crippen LogP contribution < -0.4 is 0 Å². The van der Waals surface area contributed by atoms with E-state index in [-0.39, 0.29) is 0 Å². The lowest BCUT2D eigenvalue weighted by Crippen LogP contribution is -2.28. The van der Waals surface area contributed by atoms with Crippen LogP contribution in [0.25, 0.3) is 0 Å². The second kappa shape index (κ2) is 9.82. The van der Waals surface area contributed by atoms with Gasteiger partial charge >= 0.3 is 12.1 Å². The number of carbonyl (C=O) groups excluding carboxylic acids is 1. The summed E-state index contributed by atoms with van der Waals surface area (Å²) in [7, 11) is -1.97. The molecule has 0 aliphatic heterocycles. The van der Waals surface area contributed by atoms with Gasteiger partial charge in [0.25, 0.3) is 0 Å². The van der Waals surface area contributed by atoms with Gasteiger partial charge in [-0.3, -0.25) is 0 Å². The first kappa shape index (κ1) is 20.0. The van der Waals surface area contributed by atoms with Gasteiger partial charge in [0, 0.05) is 5.75 Å². The van der Waals surface area contributed by atoms with Crippen LogP contribution in [0.1, 0.15) is 45.4 Å². The summed E-state index contributed by atoms with van der Waals surface area (Å²) in [5.74, 6) is -1.49. The van der Waals surface area contributed by atoms with E-state index in [1.165, 1.54) is 24.6 Å². The molecule has 0 heterocycles. The van der Waals surface area contributed by atoms with E-state index in [4.69, 9.17) is 4.18 Å². The molecule has 0 aliphatic carbocycles. The molecule has 0 fully saturated rings. The Hall–Kier alpha value is -0.0400. The maximum Gasteiger partial charge on any atom is 0.491 e. The number of rotatable bonds is 10. The number of hydrogen-bond acceptors (Lipinski definition) is 3. The minimum absolute atomic E-state index is 0.462. The molecule has 0 radical (unpaired) electrons. The van der Waals surface area contributed by atoms with Gasteiger partial charge in [-0.2, -0.15) is 24.9 Å². The van der Waals surface area contributed by atoms with Gasteiger partial charge in [0.2, 0.25) is 0 Å². The van der Waals surface area contributed by atoms with E-state index in [9.17, 15) is 18.0 Å². The molecule has 0 aromatic heterocycles. The van der Waals surface area contributed by atoms with Crippen LogP contribution in [0, 0.1) is 0 Å². The number of hydrogen-bond donors (Lipinski definition) is 0. The van der Waals surface area contributed by atoms with Crippen LogP contribution in [0.15, 0.2) is 0 Å². The Bertz CT molecular complexity index is 285. The minimum Gasteiger partial charge on any atom is -0.408 e. The molecule has 20 heavy (non-hydrogen) atoms. The molecule has 0 aliphatic rings. The summed E-state index contributed by atoms with van der Waals surface area (Å²) in [5, 5.41) is 0.462. The summed E-state index contributed by atoms with van der Waals surface area (Å²) in [6.45, 7) is 2.14. The van der Waals surface area contributed by atoms with Crippen molar-refractivity contribution in [1.82, 2.24) is 0 Å². The fourth-order valence-electron chi connectivity index (χ4n) is 1.79. The van der Waals surface area contributed by atoms with E-state index in [2.05, 4.69) is 6.92 Å². The first-order valence-corrected chi connectivity index (χ1v) is 10.5. The van der Waals surface area contributed by atoms with E-state index < -0.39 is 22.5 Å². The third kappa shape index (κ3) is 9.00. The van der Waals surface area contributed by atoms with Crippen molar-refractivity contribution < 1.29 is 22.1 Å². The van der Waals surface area contributed by atoms with Crippen LogP contribution in [-0.2, 0) is 8.98 Å². The standard InChI is InChI=1S/C13H25F3O2S2/c1-4-5-6-7-8-9-10-20(3,11-19-2)18-12(17)13(14,15)16/h4-11H2,1-3H3. The van der Waals surface area contributed by atoms with Gasteiger partial charge in [0.1, 0.15) is 0 Å². The fourth-order valence-corrected chi connectivity index (χ4v) is 5.81. The SMILES string of the molecule is CCCCCCCCS(C)(CSC)OC(=O)C(F)(F)F. The van der Waals surface area contributed by atoms with Crippen molar-refractivity contribution in [1.29, 1.82) is 0 Å². The molecule has 0 aromatic carbocycles. The average molecular weight is 334 g/mol.